The number of hydrogen-bond donors (Lipinski definition) is 1. The maximum absolute atomic E-state index is 13.7. The minimum absolute atomic E-state index is 0.0368. The van der Waals surface area contributed by atoms with Crippen LogP contribution >= 0.6 is 0 Å². The Hall–Kier alpha value is -2.55. The van der Waals surface area contributed by atoms with Gasteiger partial charge in [0.2, 0.25) is 0 Å². The number of oxazole rings is 1. The summed E-state index contributed by atoms with van der Waals surface area (Å²) in [4.78, 5) is 25.3. The normalized spacial score (nSPS) is 20.8. The van der Waals surface area contributed by atoms with Crippen LogP contribution in [0.15, 0.2) is 16.7 Å². The first kappa shape index (κ1) is 21.7. The predicted octanol–water partition coefficient (Wildman–Crippen LogP) is 3.29. The summed E-state index contributed by atoms with van der Waals surface area (Å²) in [5.41, 5.74) is 0.134. The highest BCUT2D eigenvalue weighted by Crippen LogP contribution is 2.27. The van der Waals surface area contributed by atoms with Gasteiger partial charge in [0.1, 0.15) is 17.4 Å². The summed E-state index contributed by atoms with van der Waals surface area (Å²) in [6.45, 7) is 7.88. The van der Waals surface area contributed by atoms with Crippen molar-refractivity contribution in [2.75, 3.05) is 31.1 Å². The third kappa shape index (κ3) is 5.03. The number of piperidine rings is 2. The summed E-state index contributed by atoms with van der Waals surface area (Å²) in [6.07, 6.45) is 5.60. The van der Waals surface area contributed by atoms with Crippen LogP contribution in [0.5, 0.6) is 0 Å². The van der Waals surface area contributed by atoms with Crippen LogP contribution in [0, 0.1) is 24.5 Å². The lowest BCUT2D eigenvalue weighted by atomic mass is 9.95. The fourth-order valence-electron chi connectivity index (χ4n) is 4.53. The lowest BCUT2D eigenvalue weighted by Gasteiger charge is -2.41. The molecule has 2 saturated heterocycles. The molecule has 2 aliphatic heterocycles. The van der Waals surface area contributed by atoms with E-state index in [9.17, 15) is 13.6 Å². The minimum Gasteiger partial charge on any atom is -0.428 e. The van der Waals surface area contributed by atoms with E-state index >= 15 is 0 Å². The Morgan fingerprint density at radius 1 is 1.26 bits per heavy atom. The van der Waals surface area contributed by atoms with Gasteiger partial charge in [0, 0.05) is 31.7 Å². The lowest BCUT2D eigenvalue weighted by molar-refractivity contribution is 0.0944. The van der Waals surface area contributed by atoms with E-state index in [1.54, 1.807) is 6.92 Å². The van der Waals surface area contributed by atoms with Crippen molar-refractivity contribution in [3.63, 3.8) is 0 Å². The highest BCUT2D eigenvalue weighted by molar-refractivity contribution is 5.93. The average molecular weight is 434 g/mol. The number of nitrogens with one attached hydrogen (secondary N) is 1. The molecule has 0 spiro atoms. The molecule has 4 heterocycles. The molecule has 0 unspecified atom stereocenters. The van der Waals surface area contributed by atoms with Gasteiger partial charge in [0.25, 0.3) is 11.9 Å². The summed E-state index contributed by atoms with van der Waals surface area (Å²) >= 11 is 0. The molecular formula is C22H29F2N5O2. The van der Waals surface area contributed by atoms with Gasteiger partial charge >= 0.3 is 0 Å². The average Bonchev–Trinajstić information content (AvgIpc) is 3.15. The third-order valence-corrected chi connectivity index (χ3v) is 6.24. The van der Waals surface area contributed by atoms with Crippen LogP contribution in [0.2, 0.25) is 0 Å². The molecule has 2 fully saturated rings. The van der Waals surface area contributed by atoms with E-state index in [4.69, 9.17) is 4.42 Å². The number of likely N-dealkylation sites (tertiary alicyclic amines) is 1. The predicted molar refractivity (Wildman–Crippen MR) is 112 cm³/mol. The van der Waals surface area contributed by atoms with Crippen molar-refractivity contribution in [1.82, 2.24) is 20.2 Å². The second kappa shape index (κ2) is 9.30. The van der Waals surface area contributed by atoms with Crippen LogP contribution in [-0.2, 0) is 6.54 Å². The molecule has 1 atom stereocenters. The number of carbonyl (C=O) groups excluding carboxylic acids is 1. The highest BCUT2D eigenvalue weighted by Gasteiger charge is 2.30. The first-order chi connectivity index (χ1) is 14.9. The number of pyridine rings is 1. The van der Waals surface area contributed by atoms with Crippen molar-refractivity contribution in [1.29, 1.82) is 0 Å². The number of amides is 1. The van der Waals surface area contributed by atoms with Crippen LogP contribution in [0.25, 0.3) is 0 Å². The number of nitrogens with zero attached hydrogens (tertiary/aromatic N) is 4. The Morgan fingerprint density at radius 3 is 2.74 bits per heavy atom. The topological polar surface area (TPSA) is 74.5 Å². The zero-order valence-corrected chi connectivity index (χ0v) is 18.0. The molecule has 168 valence electrons. The minimum atomic E-state index is -0.802. The number of rotatable bonds is 5. The molecule has 9 heteroatoms. The molecular weight excluding hydrogens is 404 g/mol. The van der Waals surface area contributed by atoms with E-state index in [0.717, 1.165) is 44.1 Å². The zero-order valence-electron chi connectivity index (χ0n) is 18.0. The van der Waals surface area contributed by atoms with Gasteiger partial charge in [-0.25, -0.2) is 8.78 Å². The van der Waals surface area contributed by atoms with Gasteiger partial charge in [-0.3, -0.25) is 14.7 Å². The number of aromatic nitrogens is 2. The molecule has 4 rings (SSSR count). The van der Waals surface area contributed by atoms with Crippen LogP contribution < -0.4 is 10.2 Å². The van der Waals surface area contributed by atoms with Crippen LogP contribution in [0.4, 0.5) is 14.8 Å². The molecule has 2 aromatic heterocycles. The van der Waals surface area contributed by atoms with Crippen LogP contribution in [0.3, 0.4) is 0 Å². The summed E-state index contributed by atoms with van der Waals surface area (Å²) in [5, 5.41) is 2.58. The van der Waals surface area contributed by atoms with Crippen molar-refractivity contribution in [3.05, 3.63) is 41.0 Å². The van der Waals surface area contributed by atoms with Gasteiger partial charge in [0.15, 0.2) is 5.69 Å². The first-order valence-corrected chi connectivity index (χ1v) is 10.9. The standard InChI is InChI=1S/C22H29F2N5O2/c1-14-4-3-7-29(13-14)17-5-8-28(9-6-17)22-27-20(15(2)31-22)21(30)26-12-19-18(24)10-16(23)11-25-19/h10-11,14,17H,3-9,12-13H2,1-2H3,(H,26,30)/t14-/m1/s1. The van der Waals surface area contributed by atoms with Gasteiger partial charge in [-0.05, 0) is 45.1 Å². The maximum atomic E-state index is 13.7. The largest absolute Gasteiger partial charge is 0.428 e. The van der Waals surface area contributed by atoms with E-state index in [2.05, 4.69) is 32.0 Å². The van der Waals surface area contributed by atoms with Crippen LogP contribution in [0.1, 0.15) is 54.5 Å². The fourth-order valence-corrected chi connectivity index (χ4v) is 4.53. The van der Waals surface area contributed by atoms with Crippen molar-refractivity contribution < 1.29 is 18.0 Å². The van der Waals surface area contributed by atoms with E-state index in [-0.39, 0.29) is 17.9 Å². The van der Waals surface area contributed by atoms with E-state index < -0.39 is 17.5 Å². The van der Waals surface area contributed by atoms with E-state index in [1.165, 1.54) is 25.9 Å². The molecule has 1 amide bonds. The third-order valence-electron chi connectivity index (χ3n) is 6.24. The molecule has 0 bridgehead atoms. The summed E-state index contributed by atoms with van der Waals surface area (Å²) in [7, 11) is 0. The maximum Gasteiger partial charge on any atom is 0.298 e. The Kier molecular flexibility index (Phi) is 6.50. The molecule has 1 N–H and O–H groups in total. The Morgan fingerprint density at radius 2 is 2.03 bits per heavy atom. The zero-order chi connectivity index (χ0) is 22.0. The van der Waals surface area contributed by atoms with Crippen molar-refractivity contribution >= 4 is 11.9 Å². The Labute approximate surface area is 180 Å². The number of anilines is 1. The van der Waals surface area contributed by atoms with Gasteiger partial charge in [-0.2, -0.15) is 4.98 Å². The molecule has 2 aliphatic rings. The first-order valence-electron chi connectivity index (χ1n) is 10.9. The fraction of sp³-hybridized carbons (Fsp3) is 0.591. The van der Waals surface area contributed by atoms with E-state index in [0.29, 0.717) is 17.8 Å². The second-order valence-corrected chi connectivity index (χ2v) is 8.63. The van der Waals surface area contributed by atoms with Gasteiger partial charge in [0.05, 0.1) is 18.4 Å². The van der Waals surface area contributed by atoms with Crippen LogP contribution in [-0.4, -0.2) is 53.0 Å². The molecule has 0 radical (unpaired) electrons. The summed E-state index contributed by atoms with van der Waals surface area (Å²) in [6, 6.07) is 1.78. The number of aryl methyl sites for hydroxylation is 1. The van der Waals surface area contributed by atoms with Crippen molar-refractivity contribution in [3.8, 4) is 0 Å². The van der Waals surface area contributed by atoms with Crippen molar-refractivity contribution in [2.24, 2.45) is 5.92 Å². The number of hydrogen-bond acceptors (Lipinski definition) is 6. The number of carbonyl (C=O) groups is 1. The smallest absolute Gasteiger partial charge is 0.298 e. The van der Waals surface area contributed by atoms with Gasteiger partial charge in [-0.15, -0.1) is 0 Å². The Balaban J connectivity index is 1.33. The summed E-state index contributed by atoms with van der Waals surface area (Å²) in [5.74, 6) is -0.866. The molecule has 31 heavy (non-hydrogen) atoms. The van der Waals surface area contributed by atoms with Crippen molar-refractivity contribution in [2.45, 2.75) is 52.1 Å². The monoisotopic (exact) mass is 433 g/mol. The number of halogens is 2. The molecule has 2 aromatic rings. The molecule has 0 aliphatic carbocycles. The molecule has 0 saturated carbocycles. The Bertz CT molecular complexity index is 927. The SMILES string of the molecule is Cc1oc(N2CCC(N3CCC[C@@H](C)C3)CC2)nc1C(=O)NCc1ncc(F)cc1F. The molecule has 7 nitrogen and oxygen atoms in total. The molecule has 0 aromatic carbocycles. The lowest BCUT2D eigenvalue weighted by Crippen LogP contribution is -2.48. The van der Waals surface area contributed by atoms with Gasteiger partial charge < -0.3 is 14.6 Å². The van der Waals surface area contributed by atoms with Gasteiger partial charge in [-0.1, -0.05) is 6.92 Å². The summed E-state index contributed by atoms with van der Waals surface area (Å²) < 4.78 is 32.5. The second-order valence-electron chi connectivity index (χ2n) is 8.63. The quantitative estimate of drug-likeness (QED) is 0.780. The highest BCUT2D eigenvalue weighted by atomic mass is 19.1. The van der Waals surface area contributed by atoms with E-state index in [1.807, 2.05) is 0 Å².